The number of benzene rings is 2. The van der Waals surface area contributed by atoms with Crippen LogP contribution in [-0.4, -0.2) is 40.0 Å². The predicted octanol–water partition coefficient (Wildman–Crippen LogP) is 2.50. The highest BCUT2D eigenvalue weighted by molar-refractivity contribution is 7.89. The Balaban J connectivity index is 1.38. The average Bonchev–Trinajstić information content (AvgIpc) is 3.67. The van der Waals surface area contributed by atoms with E-state index in [4.69, 9.17) is 9.47 Å². The van der Waals surface area contributed by atoms with E-state index in [2.05, 4.69) is 15.4 Å². The number of hydrogen-bond acceptors (Lipinski definition) is 6. The van der Waals surface area contributed by atoms with Gasteiger partial charge in [0.15, 0.2) is 6.61 Å². The summed E-state index contributed by atoms with van der Waals surface area (Å²) in [5, 5.41) is 5.46. The van der Waals surface area contributed by atoms with Crippen molar-refractivity contribution in [3.63, 3.8) is 0 Å². The summed E-state index contributed by atoms with van der Waals surface area (Å²) in [4.78, 5) is 24.4. The molecule has 170 valence electrons. The summed E-state index contributed by atoms with van der Waals surface area (Å²) in [6, 6.07) is 11.0. The second kappa shape index (κ2) is 9.17. The highest BCUT2D eigenvalue weighted by Gasteiger charge is 2.30. The zero-order valence-corrected chi connectivity index (χ0v) is 18.4. The fraction of sp³-hybridized carbons (Fsp3) is 0.364. The van der Waals surface area contributed by atoms with Crippen LogP contribution in [0.2, 0.25) is 0 Å². The van der Waals surface area contributed by atoms with Crippen LogP contribution in [0.5, 0.6) is 11.5 Å². The molecular formula is C22H25N3O6S. The topological polar surface area (TPSA) is 123 Å². The third-order valence-corrected chi connectivity index (χ3v) is 6.59. The van der Waals surface area contributed by atoms with Gasteiger partial charge in [-0.3, -0.25) is 9.59 Å². The van der Waals surface area contributed by atoms with Crippen LogP contribution in [0.15, 0.2) is 47.4 Å². The number of carbonyl (C=O) groups is 2. The standard InChI is InChI=1S/C22H25N3O6S/c1-30-20-10-9-18(32(28,29)25-15-7-8-15)12-19(20)24-21(26)13-31-17-4-2-3-16(11-17)23-22(27)14-5-6-14/h2-4,9-12,14-15,25H,5-8,13H2,1H3,(H,23,27)(H,24,26). The molecule has 2 saturated carbocycles. The molecule has 0 atom stereocenters. The Morgan fingerprint density at radius 1 is 1.03 bits per heavy atom. The lowest BCUT2D eigenvalue weighted by atomic mass is 10.3. The number of anilines is 2. The van der Waals surface area contributed by atoms with E-state index in [1.54, 1.807) is 24.3 Å². The van der Waals surface area contributed by atoms with E-state index in [0.717, 1.165) is 25.7 Å². The van der Waals surface area contributed by atoms with E-state index in [1.807, 2.05) is 0 Å². The third kappa shape index (κ3) is 5.77. The molecule has 32 heavy (non-hydrogen) atoms. The molecule has 0 heterocycles. The van der Waals surface area contributed by atoms with Gasteiger partial charge in [0.1, 0.15) is 11.5 Å². The van der Waals surface area contributed by atoms with Gasteiger partial charge in [0.2, 0.25) is 15.9 Å². The van der Waals surface area contributed by atoms with Gasteiger partial charge in [-0.25, -0.2) is 13.1 Å². The Morgan fingerprint density at radius 3 is 2.50 bits per heavy atom. The Bertz CT molecular complexity index is 1130. The monoisotopic (exact) mass is 459 g/mol. The first kappa shape index (κ1) is 22.1. The van der Waals surface area contributed by atoms with Crippen LogP contribution in [0, 0.1) is 5.92 Å². The molecule has 0 radical (unpaired) electrons. The van der Waals surface area contributed by atoms with Crippen LogP contribution < -0.4 is 24.8 Å². The Hall–Kier alpha value is -3.11. The highest BCUT2D eigenvalue weighted by Crippen LogP contribution is 2.31. The molecule has 0 spiro atoms. The summed E-state index contributed by atoms with van der Waals surface area (Å²) >= 11 is 0. The van der Waals surface area contributed by atoms with Gasteiger partial charge in [0.25, 0.3) is 5.91 Å². The van der Waals surface area contributed by atoms with E-state index in [1.165, 1.54) is 25.3 Å². The van der Waals surface area contributed by atoms with Gasteiger partial charge in [-0.1, -0.05) is 6.07 Å². The molecule has 2 fully saturated rings. The summed E-state index contributed by atoms with van der Waals surface area (Å²) in [5.74, 6) is 0.331. The maximum Gasteiger partial charge on any atom is 0.262 e. The van der Waals surface area contributed by atoms with E-state index in [9.17, 15) is 18.0 Å². The third-order valence-electron chi connectivity index (χ3n) is 5.07. The van der Waals surface area contributed by atoms with Gasteiger partial charge in [-0.05, 0) is 56.0 Å². The predicted molar refractivity (Wildman–Crippen MR) is 118 cm³/mol. The lowest BCUT2D eigenvalue weighted by molar-refractivity contribution is -0.118. The highest BCUT2D eigenvalue weighted by atomic mass is 32.2. The minimum atomic E-state index is -3.67. The van der Waals surface area contributed by atoms with Crippen molar-refractivity contribution in [1.82, 2.24) is 4.72 Å². The Morgan fingerprint density at radius 2 is 1.81 bits per heavy atom. The molecule has 0 bridgehead atoms. The van der Waals surface area contributed by atoms with Crippen molar-refractivity contribution in [3.05, 3.63) is 42.5 Å². The number of methoxy groups -OCH3 is 1. The van der Waals surface area contributed by atoms with Crippen LogP contribution in [0.3, 0.4) is 0 Å². The van der Waals surface area contributed by atoms with Crippen molar-refractivity contribution in [2.75, 3.05) is 24.4 Å². The number of hydrogen-bond donors (Lipinski definition) is 3. The van der Waals surface area contributed by atoms with Crippen LogP contribution >= 0.6 is 0 Å². The van der Waals surface area contributed by atoms with Gasteiger partial charge in [0, 0.05) is 23.7 Å². The van der Waals surface area contributed by atoms with Crippen molar-refractivity contribution in [3.8, 4) is 11.5 Å². The summed E-state index contributed by atoms with van der Waals surface area (Å²) in [7, 11) is -2.24. The summed E-state index contributed by atoms with van der Waals surface area (Å²) < 4.78 is 38.3. The van der Waals surface area contributed by atoms with Crippen molar-refractivity contribution in [2.24, 2.45) is 5.92 Å². The molecule has 2 aliphatic carbocycles. The summed E-state index contributed by atoms with van der Waals surface area (Å²) in [5.41, 5.74) is 0.827. The quantitative estimate of drug-likeness (QED) is 0.502. The maximum absolute atomic E-state index is 12.5. The second-order valence-electron chi connectivity index (χ2n) is 7.89. The van der Waals surface area contributed by atoms with Gasteiger partial charge < -0.3 is 20.1 Å². The lowest BCUT2D eigenvalue weighted by Gasteiger charge is -2.13. The normalized spacial score (nSPS) is 15.7. The number of carbonyl (C=O) groups excluding carboxylic acids is 2. The largest absolute Gasteiger partial charge is 0.495 e. The van der Waals surface area contributed by atoms with Gasteiger partial charge in [-0.2, -0.15) is 0 Å². The number of ether oxygens (including phenoxy) is 2. The van der Waals surface area contributed by atoms with Gasteiger partial charge >= 0.3 is 0 Å². The van der Waals surface area contributed by atoms with Crippen molar-refractivity contribution in [2.45, 2.75) is 36.6 Å². The smallest absolute Gasteiger partial charge is 0.262 e. The average molecular weight is 460 g/mol. The Kier molecular flexibility index (Phi) is 6.33. The zero-order chi connectivity index (χ0) is 22.7. The molecular weight excluding hydrogens is 434 g/mol. The number of rotatable bonds is 10. The zero-order valence-electron chi connectivity index (χ0n) is 17.6. The number of sulfonamides is 1. The SMILES string of the molecule is COc1ccc(S(=O)(=O)NC2CC2)cc1NC(=O)COc1cccc(NC(=O)C2CC2)c1. The molecule has 9 nitrogen and oxygen atoms in total. The van der Waals surface area contributed by atoms with Crippen molar-refractivity contribution < 1.29 is 27.5 Å². The fourth-order valence-corrected chi connectivity index (χ4v) is 4.36. The molecule has 2 aromatic carbocycles. The van der Waals surface area contributed by atoms with Gasteiger partial charge in [-0.15, -0.1) is 0 Å². The lowest BCUT2D eigenvalue weighted by Crippen LogP contribution is -2.26. The minimum Gasteiger partial charge on any atom is -0.495 e. The van der Waals surface area contributed by atoms with Crippen molar-refractivity contribution in [1.29, 1.82) is 0 Å². The van der Waals surface area contributed by atoms with Crippen molar-refractivity contribution >= 4 is 33.2 Å². The molecule has 10 heteroatoms. The van der Waals surface area contributed by atoms with E-state index in [0.29, 0.717) is 17.2 Å². The van der Waals surface area contributed by atoms with Crippen LogP contribution in [0.4, 0.5) is 11.4 Å². The molecule has 0 aliphatic heterocycles. The molecule has 0 aromatic heterocycles. The molecule has 4 rings (SSSR count). The minimum absolute atomic E-state index is 0.0157. The molecule has 2 aliphatic rings. The van der Waals surface area contributed by atoms with E-state index >= 15 is 0 Å². The summed E-state index contributed by atoms with van der Waals surface area (Å²) in [6.07, 6.45) is 3.46. The molecule has 0 saturated heterocycles. The maximum atomic E-state index is 12.5. The number of nitrogens with one attached hydrogen (secondary N) is 3. The second-order valence-corrected chi connectivity index (χ2v) is 9.60. The van der Waals surface area contributed by atoms with Crippen LogP contribution in [0.1, 0.15) is 25.7 Å². The molecule has 0 unspecified atom stereocenters. The number of amides is 2. The first-order valence-electron chi connectivity index (χ1n) is 10.4. The first-order chi connectivity index (χ1) is 15.3. The molecule has 2 amide bonds. The molecule has 2 aromatic rings. The van der Waals surface area contributed by atoms with E-state index in [-0.39, 0.29) is 35.1 Å². The molecule has 3 N–H and O–H groups in total. The summed E-state index contributed by atoms with van der Waals surface area (Å²) in [6.45, 7) is -0.305. The first-order valence-corrected chi connectivity index (χ1v) is 11.9. The Labute approximate surface area is 186 Å². The fourth-order valence-electron chi connectivity index (χ4n) is 3.03. The van der Waals surface area contributed by atoms with Crippen LogP contribution in [-0.2, 0) is 19.6 Å². The van der Waals surface area contributed by atoms with E-state index < -0.39 is 15.9 Å². The van der Waals surface area contributed by atoms with Gasteiger partial charge in [0.05, 0.1) is 17.7 Å². The van der Waals surface area contributed by atoms with Crippen LogP contribution in [0.25, 0.3) is 0 Å².